The molecule has 0 spiro atoms. The fraction of sp³-hybridized carbons (Fsp3) is 0.978. The van der Waals surface area contributed by atoms with Crippen molar-refractivity contribution < 1.29 is 9.53 Å². The lowest BCUT2D eigenvalue weighted by atomic mass is 9.89. The molecule has 48 heavy (non-hydrogen) atoms. The molecule has 0 rings (SSSR count). The zero-order valence-electron chi connectivity index (χ0n) is 33.9. The van der Waals surface area contributed by atoms with Crippen LogP contribution in [0.25, 0.3) is 0 Å². The van der Waals surface area contributed by atoms with E-state index in [1.54, 1.807) is 0 Å². The summed E-state index contributed by atoms with van der Waals surface area (Å²) in [6.45, 7) is 13.6. The molecule has 0 N–H and O–H groups in total. The number of rotatable bonds is 41. The largest absolute Gasteiger partial charge is 0.466 e. The zero-order valence-corrected chi connectivity index (χ0v) is 33.9. The lowest BCUT2D eigenvalue weighted by molar-refractivity contribution is -0.143. The summed E-state index contributed by atoms with van der Waals surface area (Å²) < 4.78 is 5.43. The Balaban J connectivity index is 3.73. The van der Waals surface area contributed by atoms with Crippen molar-refractivity contribution in [1.29, 1.82) is 0 Å². The summed E-state index contributed by atoms with van der Waals surface area (Å²) in [4.78, 5) is 14.6. The van der Waals surface area contributed by atoms with E-state index < -0.39 is 0 Å². The van der Waals surface area contributed by atoms with Crippen LogP contribution in [0.3, 0.4) is 0 Å². The molecular formula is C45H91NO2. The van der Waals surface area contributed by atoms with Gasteiger partial charge in [0.15, 0.2) is 0 Å². The van der Waals surface area contributed by atoms with E-state index in [4.69, 9.17) is 4.74 Å². The van der Waals surface area contributed by atoms with Gasteiger partial charge in [0.2, 0.25) is 0 Å². The highest BCUT2D eigenvalue weighted by Crippen LogP contribution is 2.25. The van der Waals surface area contributed by atoms with E-state index >= 15 is 0 Å². The van der Waals surface area contributed by atoms with Gasteiger partial charge in [0.25, 0.3) is 0 Å². The molecule has 0 aliphatic heterocycles. The molecule has 0 saturated carbocycles. The summed E-state index contributed by atoms with van der Waals surface area (Å²) in [5, 5.41) is 0. The Morgan fingerprint density at radius 2 is 0.750 bits per heavy atom. The molecule has 0 atom stereocenters. The standard InChI is InChI=1S/C45H91NO2/c1-5-9-12-15-21-29-36-43-48-45(47)40-33-26-22-28-35-42-46(8-4)41-34-27-20-18-19-25-32-39-44(37-30-23-16-13-10-6-2)38-31-24-17-14-11-7-3/h44H,5-43H2,1-4H3. The number of hydrogen-bond acceptors (Lipinski definition) is 3. The Morgan fingerprint density at radius 1 is 0.417 bits per heavy atom. The molecule has 0 aromatic rings. The van der Waals surface area contributed by atoms with E-state index in [0.717, 1.165) is 25.2 Å². The van der Waals surface area contributed by atoms with Crippen molar-refractivity contribution in [1.82, 2.24) is 4.90 Å². The molecule has 0 aliphatic carbocycles. The van der Waals surface area contributed by atoms with Crippen LogP contribution < -0.4 is 0 Å². The maximum atomic E-state index is 12.0. The molecule has 0 bridgehead atoms. The fourth-order valence-electron chi connectivity index (χ4n) is 7.39. The number of unbranched alkanes of at least 4 members (excludes halogenated alkanes) is 26. The van der Waals surface area contributed by atoms with E-state index in [9.17, 15) is 4.79 Å². The predicted octanol–water partition coefficient (Wildman–Crippen LogP) is 15.2. The maximum absolute atomic E-state index is 12.0. The molecule has 0 aromatic carbocycles. The highest BCUT2D eigenvalue weighted by molar-refractivity contribution is 5.69. The van der Waals surface area contributed by atoms with Gasteiger partial charge in [0, 0.05) is 6.42 Å². The van der Waals surface area contributed by atoms with Crippen LogP contribution in [-0.4, -0.2) is 37.1 Å². The minimum Gasteiger partial charge on any atom is -0.466 e. The van der Waals surface area contributed by atoms with Crippen LogP contribution in [0, 0.1) is 5.92 Å². The van der Waals surface area contributed by atoms with Gasteiger partial charge in [-0.15, -0.1) is 0 Å². The summed E-state index contributed by atoms with van der Waals surface area (Å²) in [7, 11) is 0. The number of carbonyl (C=O) groups excluding carboxylic acids is 1. The Hall–Kier alpha value is -0.570. The third kappa shape index (κ3) is 36.7. The Kier molecular flexibility index (Phi) is 40.4. The highest BCUT2D eigenvalue weighted by atomic mass is 16.5. The van der Waals surface area contributed by atoms with Crippen molar-refractivity contribution in [3.63, 3.8) is 0 Å². The first-order valence-corrected chi connectivity index (χ1v) is 22.6. The molecule has 0 aromatic heterocycles. The SMILES string of the molecule is CCCCCCCCCOC(=O)CCCCCCCN(CC)CCCCCCCCCC(CCCCCCCC)CCCCCCCC. The first-order valence-electron chi connectivity index (χ1n) is 22.6. The predicted molar refractivity (Wildman–Crippen MR) is 215 cm³/mol. The van der Waals surface area contributed by atoms with Crippen molar-refractivity contribution >= 4 is 5.97 Å². The normalized spacial score (nSPS) is 11.7. The third-order valence-corrected chi connectivity index (χ3v) is 10.8. The number of esters is 1. The molecular weight excluding hydrogens is 587 g/mol. The lowest BCUT2D eigenvalue weighted by Crippen LogP contribution is -2.25. The van der Waals surface area contributed by atoms with Crippen molar-refractivity contribution in [2.45, 2.75) is 252 Å². The minimum absolute atomic E-state index is 0.0179. The van der Waals surface area contributed by atoms with Crippen LogP contribution >= 0.6 is 0 Å². The Labute approximate surface area is 304 Å². The summed E-state index contributed by atoms with van der Waals surface area (Å²) in [6, 6.07) is 0. The number of hydrogen-bond donors (Lipinski definition) is 0. The monoisotopic (exact) mass is 678 g/mol. The summed E-state index contributed by atoms with van der Waals surface area (Å²) in [5.41, 5.74) is 0. The number of nitrogens with zero attached hydrogens (tertiary/aromatic N) is 1. The summed E-state index contributed by atoms with van der Waals surface area (Å²) in [5.74, 6) is 1.03. The van der Waals surface area contributed by atoms with Crippen LogP contribution in [0.4, 0.5) is 0 Å². The molecule has 0 fully saturated rings. The van der Waals surface area contributed by atoms with Crippen molar-refractivity contribution in [3.8, 4) is 0 Å². The highest BCUT2D eigenvalue weighted by Gasteiger charge is 2.09. The van der Waals surface area contributed by atoms with Crippen molar-refractivity contribution in [2.24, 2.45) is 5.92 Å². The van der Waals surface area contributed by atoms with Gasteiger partial charge in [-0.2, -0.15) is 0 Å². The average Bonchev–Trinajstić information content (AvgIpc) is 3.09. The zero-order chi connectivity index (χ0) is 35.0. The van der Waals surface area contributed by atoms with E-state index in [-0.39, 0.29) is 5.97 Å². The molecule has 3 nitrogen and oxygen atoms in total. The van der Waals surface area contributed by atoms with Crippen LogP contribution in [0.15, 0.2) is 0 Å². The van der Waals surface area contributed by atoms with E-state index in [0.29, 0.717) is 13.0 Å². The fourth-order valence-corrected chi connectivity index (χ4v) is 7.39. The van der Waals surface area contributed by atoms with Gasteiger partial charge in [0.05, 0.1) is 6.61 Å². The van der Waals surface area contributed by atoms with E-state index in [2.05, 4.69) is 32.6 Å². The first-order chi connectivity index (χ1) is 23.7. The van der Waals surface area contributed by atoms with Crippen LogP contribution in [0.2, 0.25) is 0 Å². The summed E-state index contributed by atoms with van der Waals surface area (Å²) >= 11 is 0. The third-order valence-electron chi connectivity index (χ3n) is 10.8. The molecule has 0 heterocycles. The molecule has 0 radical (unpaired) electrons. The molecule has 3 heteroatoms. The van der Waals surface area contributed by atoms with Crippen LogP contribution in [0.1, 0.15) is 252 Å². The van der Waals surface area contributed by atoms with Gasteiger partial charge in [0.1, 0.15) is 0 Å². The number of carbonyl (C=O) groups is 1. The van der Waals surface area contributed by atoms with Gasteiger partial charge < -0.3 is 9.64 Å². The number of ether oxygens (including phenoxy) is 1. The second-order valence-electron chi connectivity index (χ2n) is 15.5. The summed E-state index contributed by atoms with van der Waals surface area (Å²) in [6.07, 6.45) is 47.4. The average molecular weight is 678 g/mol. The second-order valence-corrected chi connectivity index (χ2v) is 15.5. The molecule has 0 unspecified atom stereocenters. The van der Waals surface area contributed by atoms with Gasteiger partial charge in [-0.05, 0) is 51.2 Å². The van der Waals surface area contributed by atoms with Crippen LogP contribution in [-0.2, 0) is 9.53 Å². The maximum Gasteiger partial charge on any atom is 0.305 e. The first kappa shape index (κ1) is 47.4. The van der Waals surface area contributed by atoms with Gasteiger partial charge in [-0.3, -0.25) is 4.79 Å². The van der Waals surface area contributed by atoms with E-state index in [1.165, 1.54) is 219 Å². The molecule has 0 amide bonds. The minimum atomic E-state index is 0.0179. The lowest BCUT2D eigenvalue weighted by Gasteiger charge is -2.20. The van der Waals surface area contributed by atoms with Crippen molar-refractivity contribution in [2.75, 3.05) is 26.2 Å². The Bertz CT molecular complexity index is 592. The second kappa shape index (κ2) is 40.9. The molecule has 288 valence electrons. The Morgan fingerprint density at radius 3 is 1.15 bits per heavy atom. The molecule has 0 aliphatic rings. The van der Waals surface area contributed by atoms with Gasteiger partial charge in [-0.1, -0.05) is 220 Å². The van der Waals surface area contributed by atoms with Gasteiger partial charge >= 0.3 is 5.97 Å². The van der Waals surface area contributed by atoms with Crippen LogP contribution in [0.5, 0.6) is 0 Å². The van der Waals surface area contributed by atoms with Crippen molar-refractivity contribution in [3.05, 3.63) is 0 Å². The quantitative estimate of drug-likeness (QED) is 0.0476. The van der Waals surface area contributed by atoms with Gasteiger partial charge in [-0.25, -0.2) is 0 Å². The smallest absolute Gasteiger partial charge is 0.305 e. The molecule has 0 saturated heterocycles. The van der Waals surface area contributed by atoms with E-state index in [1.807, 2.05) is 0 Å². The topological polar surface area (TPSA) is 29.5 Å².